The van der Waals surface area contributed by atoms with Gasteiger partial charge in [-0.05, 0) is 43.2 Å². The molecule has 1 aliphatic rings. The Bertz CT molecular complexity index is 806. The van der Waals surface area contributed by atoms with Gasteiger partial charge in [-0.3, -0.25) is 9.59 Å². The molecule has 0 spiro atoms. The molecule has 1 fully saturated rings. The smallest absolute Gasteiger partial charge is 0.254 e. The van der Waals surface area contributed by atoms with Crippen molar-refractivity contribution in [2.45, 2.75) is 26.3 Å². The monoisotopic (exact) mass is 340 g/mol. The summed E-state index contributed by atoms with van der Waals surface area (Å²) in [5, 5.41) is 0. The zero-order valence-electron chi connectivity index (χ0n) is 14.4. The van der Waals surface area contributed by atoms with Crippen molar-refractivity contribution in [3.63, 3.8) is 0 Å². The molecule has 1 aliphatic heterocycles. The normalized spacial score (nSPS) is 17.7. The highest BCUT2D eigenvalue weighted by molar-refractivity contribution is 6.03. The van der Waals surface area contributed by atoms with E-state index in [2.05, 4.69) is 6.92 Å². The quantitative estimate of drug-likeness (QED) is 0.860. The second-order valence-electron chi connectivity index (χ2n) is 6.16. The van der Waals surface area contributed by atoms with Crippen molar-refractivity contribution < 1.29 is 14.0 Å². The predicted molar refractivity (Wildman–Crippen MR) is 95.1 cm³/mol. The van der Waals surface area contributed by atoms with Crippen molar-refractivity contribution in [1.82, 2.24) is 4.90 Å². The number of rotatable bonds is 3. The van der Waals surface area contributed by atoms with E-state index < -0.39 is 11.9 Å². The highest BCUT2D eigenvalue weighted by Gasteiger charge is 2.35. The molecule has 2 aromatic rings. The number of halogens is 1. The fourth-order valence-electron chi connectivity index (χ4n) is 3.25. The molecule has 2 aromatic carbocycles. The molecular weight excluding hydrogens is 319 g/mol. The largest absolute Gasteiger partial charge is 0.325 e. The van der Waals surface area contributed by atoms with Gasteiger partial charge < -0.3 is 9.80 Å². The first kappa shape index (κ1) is 17.1. The SMILES string of the molecule is CCc1ccccc1N1CCN(C(=O)c2cccc(F)c2)[C@H](C)C1=O. The minimum Gasteiger partial charge on any atom is -0.325 e. The van der Waals surface area contributed by atoms with Crippen LogP contribution in [-0.4, -0.2) is 35.8 Å². The van der Waals surface area contributed by atoms with E-state index in [-0.39, 0.29) is 17.4 Å². The summed E-state index contributed by atoms with van der Waals surface area (Å²) in [5.74, 6) is -0.888. The number of amides is 2. The second-order valence-corrected chi connectivity index (χ2v) is 6.16. The molecule has 2 amide bonds. The number of hydrogen-bond donors (Lipinski definition) is 0. The molecule has 5 heteroatoms. The van der Waals surface area contributed by atoms with Crippen LogP contribution in [0, 0.1) is 5.82 Å². The number of anilines is 1. The van der Waals surface area contributed by atoms with Gasteiger partial charge in [0.15, 0.2) is 0 Å². The van der Waals surface area contributed by atoms with Gasteiger partial charge in [0.05, 0.1) is 0 Å². The Balaban J connectivity index is 1.83. The Hall–Kier alpha value is -2.69. The number of piperazine rings is 1. The van der Waals surface area contributed by atoms with Gasteiger partial charge >= 0.3 is 0 Å². The number of carbonyl (C=O) groups excluding carboxylic acids is 2. The predicted octanol–water partition coefficient (Wildman–Crippen LogP) is 3.27. The van der Waals surface area contributed by atoms with Gasteiger partial charge in [0, 0.05) is 24.3 Å². The molecule has 0 aromatic heterocycles. The van der Waals surface area contributed by atoms with Crippen LogP contribution in [0.2, 0.25) is 0 Å². The molecule has 0 radical (unpaired) electrons. The Morgan fingerprint density at radius 2 is 1.92 bits per heavy atom. The number of nitrogens with zero attached hydrogens (tertiary/aromatic N) is 2. The average molecular weight is 340 g/mol. The van der Waals surface area contributed by atoms with E-state index in [9.17, 15) is 14.0 Å². The molecule has 0 N–H and O–H groups in total. The van der Waals surface area contributed by atoms with Gasteiger partial charge in [-0.2, -0.15) is 0 Å². The van der Waals surface area contributed by atoms with Crippen molar-refractivity contribution in [3.05, 3.63) is 65.5 Å². The van der Waals surface area contributed by atoms with E-state index >= 15 is 0 Å². The average Bonchev–Trinajstić information content (AvgIpc) is 2.63. The lowest BCUT2D eigenvalue weighted by molar-refractivity contribution is -0.124. The maximum Gasteiger partial charge on any atom is 0.254 e. The molecule has 0 saturated carbocycles. The van der Waals surface area contributed by atoms with Crippen LogP contribution in [0.1, 0.15) is 29.8 Å². The van der Waals surface area contributed by atoms with Crippen molar-refractivity contribution in [2.24, 2.45) is 0 Å². The van der Waals surface area contributed by atoms with Gasteiger partial charge in [0.1, 0.15) is 11.9 Å². The van der Waals surface area contributed by atoms with Crippen LogP contribution in [0.4, 0.5) is 10.1 Å². The maximum atomic E-state index is 13.4. The highest BCUT2D eigenvalue weighted by atomic mass is 19.1. The summed E-state index contributed by atoms with van der Waals surface area (Å²) in [6.45, 7) is 4.62. The third kappa shape index (κ3) is 3.27. The topological polar surface area (TPSA) is 40.6 Å². The number of para-hydroxylation sites is 1. The zero-order chi connectivity index (χ0) is 18.0. The Morgan fingerprint density at radius 1 is 1.16 bits per heavy atom. The summed E-state index contributed by atoms with van der Waals surface area (Å²) in [7, 11) is 0. The molecule has 4 nitrogen and oxygen atoms in total. The fraction of sp³-hybridized carbons (Fsp3) is 0.300. The lowest BCUT2D eigenvalue weighted by Gasteiger charge is -2.39. The molecule has 1 heterocycles. The molecule has 1 atom stereocenters. The van der Waals surface area contributed by atoms with Crippen molar-refractivity contribution in [2.75, 3.05) is 18.0 Å². The van der Waals surface area contributed by atoms with Gasteiger partial charge in [-0.15, -0.1) is 0 Å². The molecule has 0 unspecified atom stereocenters. The van der Waals surface area contributed by atoms with E-state index in [1.54, 1.807) is 17.9 Å². The summed E-state index contributed by atoms with van der Waals surface area (Å²) in [6, 6.07) is 12.8. The fourth-order valence-corrected chi connectivity index (χ4v) is 3.25. The molecule has 25 heavy (non-hydrogen) atoms. The number of aryl methyl sites for hydroxylation is 1. The number of benzene rings is 2. The zero-order valence-corrected chi connectivity index (χ0v) is 14.4. The van der Waals surface area contributed by atoms with E-state index in [0.29, 0.717) is 13.1 Å². The molecule has 130 valence electrons. The van der Waals surface area contributed by atoms with Crippen molar-refractivity contribution >= 4 is 17.5 Å². The Morgan fingerprint density at radius 3 is 2.64 bits per heavy atom. The van der Waals surface area contributed by atoms with Crippen LogP contribution in [0.15, 0.2) is 48.5 Å². The summed E-state index contributed by atoms with van der Waals surface area (Å²) in [4.78, 5) is 28.8. The summed E-state index contributed by atoms with van der Waals surface area (Å²) in [5.41, 5.74) is 2.27. The minimum atomic E-state index is -0.588. The minimum absolute atomic E-state index is 0.114. The number of carbonyl (C=O) groups is 2. The van der Waals surface area contributed by atoms with E-state index in [1.807, 2.05) is 24.3 Å². The molecule has 0 bridgehead atoms. The van der Waals surface area contributed by atoms with Gasteiger partial charge in [-0.25, -0.2) is 4.39 Å². The van der Waals surface area contributed by atoms with E-state index in [0.717, 1.165) is 17.7 Å². The van der Waals surface area contributed by atoms with Gasteiger partial charge in [-0.1, -0.05) is 31.2 Å². The lowest BCUT2D eigenvalue weighted by atomic mass is 10.1. The van der Waals surface area contributed by atoms with E-state index in [4.69, 9.17) is 0 Å². The molecule has 1 saturated heterocycles. The van der Waals surface area contributed by atoms with Crippen LogP contribution in [0.3, 0.4) is 0 Å². The third-order valence-corrected chi connectivity index (χ3v) is 4.65. The van der Waals surface area contributed by atoms with Gasteiger partial charge in [0.2, 0.25) is 5.91 Å². The third-order valence-electron chi connectivity index (χ3n) is 4.65. The van der Waals surface area contributed by atoms with E-state index in [1.165, 1.54) is 23.1 Å². The molecule has 3 rings (SSSR count). The lowest BCUT2D eigenvalue weighted by Crippen LogP contribution is -2.58. The second kappa shape index (κ2) is 7.05. The standard InChI is InChI=1S/C20H21FN2O2/c1-3-15-7-4-5-10-18(15)23-12-11-22(14(2)19(23)24)20(25)16-8-6-9-17(21)13-16/h4-10,13-14H,3,11-12H2,1-2H3/t14-/m1/s1. The Kier molecular flexibility index (Phi) is 4.83. The summed E-state index contributed by atoms with van der Waals surface area (Å²) < 4.78 is 13.4. The first-order valence-electron chi connectivity index (χ1n) is 8.48. The van der Waals surface area contributed by atoms with Crippen molar-refractivity contribution in [3.8, 4) is 0 Å². The van der Waals surface area contributed by atoms with Crippen LogP contribution < -0.4 is 4.90 Å². The Labute approximate surface area is 146 Å². The van der Waals surface area contributed by atoms with Crippen LogP contribution >= 0.6 is 0 Å². The summed E-state index contributed by atoms with van der Waals surface area (Å²) >= 11 is 0. The highest BCUT2D eigenvalue weighted by Crippen LogP contribution is 2.25. The summed E-state index contributed by atoms with van der Waals surface area (Å²) in [6.07, 6.45) is 0.834. The molecule has 0 aliphatic carbocycles. The first-order chi connectivity index (χ1) is 12.0. The van der Waals surface area contributed by atoms with Crippen LogP contribution in [0.5, 0.6) is 0 Å². The van der Waals surface area contributed by atoms with Crippen molar-refractivity contribution in [1.29, 1.82) is 0 Å². The number of hydrogen-bond acceptors (Lipinski definition) is 2. The maximum absolute atomic E-state index is 13.4. The van der Waals surface area contributed by atoms with Crippen LogP contribution in [0.25, 0.3) is 0 Å². The van der Waals surface area contributed by atoms with Crippen LogP contribution in [-0.2, 0) is 11.2 Å². The first-order valence-corrected chi connectivity index (χ1v) is 8.48. The van der Waals surface area contributed by atoms with Gasteiger partial charge in [0.25, 0.3) is 5.91 Å². The molecular formula is C20H21FN2O2.